The molecule has 1 aliphatic heterocycles. The quantitative estimate of drug-likeness (QED) is 0.842. The molecule has 25 heavy (non-hydrogen) atoms. The second kappa shape index (κ2) is 6.13. The minimum Gasteiger partial charge on any atom is -0.481 e. The molecule has 2 aliphatic rings. The number of rotatable bonds is 5. The molecule has 1 heterocycles. The molecule has 0 spiro atoms. The molecule has 3 atom stereocenters. The van der Waals surface area contributed by atoms with Gasteiger partial charge in [0.25, 0.3) is 0 Å². The maximum Gasteiger partial charge on any atom is 0.307 e. The molecule has 2 fully saturated rings. The number of nitrogens with one attached hydrogen (secondary N) is 1. The molecular weight excluding hydrogens is 327 g/mol. The third kappa shape index (κ3) is 3.23. The number of carbonyl (C=O) groups excluding carboxylic acids is 2. The van der Waals surface area contributed by atoms with Crippen molar-refractivity contribution in [1.82, 2.24) is 10.2 Å². The molecule has 0 bridgehead atoms. The van der Waals surface area contributed by atoms with Crippen LogP contribution < -0.4 is 5.32 Å². The van der Waals surface area contributed by atoms with Crippen molar-refractivity contribution in [3.05, 3.63) is 35.6 Å². The summed E-state index contributed by atoms with van der Waals surface area (Å²) in [6.45, 7) is 4.34. The number of carboxylic acids is 1. The molecule has 3 rings (SSSR count). The van der Waals surface area contributed by atoms with Crippen LogP contribution in [0, 0.1) is 23.1 Å². The lowest BCUT2D eigenvalue weighted by Gasteiger charge is -2.17. The number of likely N-dealkylation sites (tertiary alicyclic amines) is 1. The Bertz CT molecular complexity index is 716. The van der Waals surface area contributed by atoms with Gasteiger partial charge >= 0.3 is 5.97 Å². The van der Waals surface area contributed by atoms with E-state index in [9.17, 15) is 18.8 Å². The largest absolute Gasteiger partial charge is 0.481 e. The van der Waals surface area contributed by atoms with Crippen molar-refractivity contribution in [3.63, 3.8) is 0 Å². The van der Waals surface area contributed by atoms with Crippen LogP contribution in [-0.4, -0.2) is 40.4 Å². The second-order valence-corrected chi connectivity index (χ2v) is 7.35. The summed E-state index contributed by atoms with van der Waals surface area (Å²) in [7, 11) is 0. The van der Waals surface area contributed by atoms with Crippen molar-refractivity contribution < 1.29 is 23.9 Å². The molecule has 2 amide bonds. The van der Waals surface area contributed by atoms with Crippen LogP contribution in [0.25, 0.3) is 0 Å². The molecule has 134 valence electrons. The maximum atomic E-state index is 12.9. The predicted molar refractivity (Wildman–Crippen MR) is 86.8 cm³/mol. The molecule has 0 aromatic heterocycles. The minimum absolute atomic E-state index is 0.192. The third-order valence-corrected chi connectivity index (χ3v) is 5.28. The van der Waals surface area contributed by atoms with E-state index in [-0.39, 0.29) is 17.6 Å². The Morgan fingerprint density at radius 2 is 1.92 bits per heavy atom. The highest BCUT2D eigenvalue weighted by Gasteiger charge is 2.66. The van der Waals surface area contributed by atoms with Crippen LogP contribution >= 0.6 is 0 Å². The van der Waals surface area contributed by atoms with E-state index in [2.05, 4.69) is 5.32 Å². The van der Waals surface area contributed by atoms with Gasteiger partial charge in [-0.3, -0.25) is 14.4 Å². The van der Waals surface area contributed by atoms with Crippen LogP contribution in [0.3, 0.4) is 0 Å². The Morgan fingerprint density at radius 1 is 1.28 bits per heavy atom. The number of carbonyl (C=O) groups is 3. The fourth-order valence-electron chi connectivity index (χ4n) is 3.69. The number of amides is 2. The second-order valence-electron chi connectivity index (χ2n) is 7.35. The van der Waals surface area contributed by atoms with Crippen LogP contribution in [0.15, 0.2) is 24.3 Å². The molecule has 1 saturated heterocycles. The summed E-state index contributed by atoms with van der Waals surface area (Å²) in [4.78, 5) is 37.6. The maximum absolute atomic E-state index is 12.9. The zero-order valence-electron chi connectivity index (χ0n) is 14.2. The third-order valence-electron chi connectivity index (χ3n) is 5.28. The zero-order valence-corrected chi connectivity index (χ0v) is 14.2. The zero-order chi connectivity index (χ0) is 18.4. The monoisotopic (exact) mass is 348 g/mol. The summed E-state index contributed by atoms with van der Waals surface area (Å²) in [6.07, 6.45) is 0.483. The average molecular weight is 348 g/mol. The number of aliphatic carboxylic acids is 1. The highest BCUT2D eigenvalue weighted by molar-refractivity contribution is 5.95. The summed E-state index contributed by atoms with van der Waals surface area (Å²) in [5.41, 5.74) is 0.224. The van der Waals surface area contributed by atoms with Crippen molar-refractivity contribution in [2.75, 3.05) is 6.54 Å². The van der Waals surface area contributed by atoms with Crippen molar-refractivity contribution >= 4 is 17.8 Å². The molecule has 1 aromatic carbocycles. The molecule has 1 aliphatic carbocycles. The molecular formula is C18H21FN2O4. The van der Waals surface area contributed by atoms with E-state index in [1.807, 2.05) is 0 Å². The van der Waals surface area contributed by atoms with Crippen molar-refractivity contribution in [2.24, 2.45) is 17.3 Å². The highest BCUT2D eigenvalue weighted by atomic mass is 19.1. The van der Waals surface area contributed by atoms with Crippen LogP contribution in [-0.2, 0) is 20.9 Å². The highest BCUT2D eigenvalue weighted by Crippen LogP contribution is 2.58. The molecule has 6 nitrogen and oxygen atoms in total. The van der Waals surface area contributed by atoms with Gasteiger partial charge in [-0.25, -0.2) is 4.39 Å². The first-order chi connectivity index (χ1) is 11.7. The van der Waals surface area contributed by atoms with Gasteiger partial charge in [0.2, 0.25) is 11.8 Å². The number of benzene rings is 1. The van der Waals surface area contributed by atoms with Gasteiger partial charge in [0.05, 0.1) is 11.8 Å². The van der Waals surface area contributed by atoms with Gasteiger partial charge in [0, 0.05) is 13.1 Å². The predicted octanol–water partition coefficient (Wildman–Crippen LogP) is 1.40. The van der Waals surface area contributed by atoms with Crippen molar-refractivity contribution in [3.8, 4) is 0 Å². The lowest BCUT2D eigenvalue weighted by atomic mass is 10.1. The Kier molecular flexibility index (Phi) is 4.26. The Labute approximate surface area is 145 Å². The van der Waals surface area contributed by atoms with Crippen LogP contribution in [0.4, 0.5) is 4.39 Å². The molecule has 2 N–H and O–H groups in total. The smallest absolute Gasteiger partial charge is 0.307 e. The Hall–Kier alpha value is -2.44. The van der Waals surface area contributed by atoms with E-state index in [0.29, 0.717) is 19.5 Å². The van der Waals surface area contributed by atoms with Crippen LogP contribution in [0.2, 0.25) is 0 Å². The number of halogens is 1. The summed E-state index contributed by atoms with van der Waals surface area (Å²) >= 11 is 0. The lowest BCUT2D eigenvalue weighted by Crippen LogP contribution is -2.42. The number of hydrogen-bond acceptors (Lipinski definition) is 3. The number of carboxylic acid groups (broad SMARTS) is 1. The summed E-state index contributed by atoms with van der Waals surface area (Å²) < 4.78 is 12.9. The Morgan fingerprint density at radius 3 is 2.48 bits per heavy atom. The molecule has 1 saturated carbocycles. The Balaban J connectivity index is 1.58. The van der Waals surface area contributed by atoms with Crippen molar-refractivity contribution in [1.29, 1.82) is 0 Å². The first-order valence-corrected chi connectivity index (χ1v) is 8.28. The minimum atomic E-state index is -0.985. The van der Waals surface area contributed by atoms with Gasteiger partial charge in [-0.15, -0.1) is 0 Å². The van der Waals surface area contributed by atoms with Gasteiger partial charge in [0.15, 0.2) is 0 Å². The molecule has 1 aromatic rings. The molecule has 7 heteroatoms. The van der Waals surface area contributed by atoms with E-state index >= 15 is 0 Å². The number of hydrogen-bond donors (Lipinski definition) is 2. The first kappa shape index (κ1) is 17.4. The fraction of sp³-hybridized carbons (Fsp3) is 0.500. The summed E-state index contributed by atoms with van der Waals surface area (Å²) in [5.74, 6) is -3.20. The van der Waals surface area contributed by atoms with E-state index in [1.54, 1.807) is 30.9 Å². The van der Waals surface area contributed by atoms with Gasteiger partial charge < -0.3 is 15.3 Å². The van der Waals surface area contributed by atoms with E-state index in [1.165, 1.54) is 12.1 Å². The van der Waals surface area contributed by atoms with Gasteiger partial charge in [-0.05, 0) is 29.5 Å². The van der Waals surface area contributed by atoms with Crippen LogP contribution in [0.1, 0.15) is 25.8 Å². The number of nitrogens with zero attached hydrogens (tertiary/aromatic N) is 1. The first-order valence-electron chi connectivity index (χ1n) is 8.28. The van der Waals surface area contributed by atoms with Gasteiger partial charge in [0.1, 0.15) is 11.9 Å². The SMILES string of the molecule is CC1(C)[C@H](C(=O)O)[C@@H]1C(=O)NC1CCN(Cc2ccc(F)cc2)C1=O. The normalized spacial score (nSPS) is 27.2. The van der Waals surface area contributed by atoms with Gasteiger partial charge in [-0.1, -0.05) is 26.0 Å². The van der Waals surface area contributed by atoms with Crippen LogP contribution in [0.5, 0.6) is 0 Å². The molecule has 0 radical (unpaired) electrons. The average Bonchev–Trinajstić information content (AvgIpc) is 2.99. The van der Waals surface area contributed by atoms with Gasteiger partial charge in [-0.2, -0.15) is 0 Å². The lowest BCUT2D eigenvalue weighted by molar-refractivity contribution is -0.140. The topological polar surface area (TPSA) is 86.7 Å². The standard InChI is InChI=1S/C18H21FN2O4/c1-18(2)13(14(18)17(24)25)15(22)20-12-7-8-21(16(12)23)9-10-3-5-11(19)6-4-10/h3-6,12-14H,7-9H2,1-2H3,(H,20,22)(H,24,25)/t12?,13-,14+/m1/s1. The van der Waals surface area contributed by atoms with Crippen molar-refractivity contribution in [2.45, 2.75) is 32.9 Å². The van der Waals surface area contributed by atoms with E-state index in [4.69, 9.17) is 5.11 Å². The fourth-order valence-corrected chi connectivity index (χ4v) is 3.69. The molecule has 1 unspecified atom stereocenters. The van der Waals surface area contributed by atoms with E-state index in [0.717, 1.165) is 5.56 Å². The summed E-state index contributed by atoms with van der Waals surface area (Å²) in [5, 5.41) is 11.9. The van der Waals surface area contributed by atoms with E-state index < -0.39 is 29.3 Å². The summed E-state index contributed by atoms with van der Waals surface area (Å²) in [6, 6.07) is 5.31.